The van der Waals surface area contributed by atoms with Gasteiger partial charge >= 0.3 is 0 Å². The lowest BCUT2D eigenvalue weighted by atomic mass is 10.2. The Morgan fingerprint density at radius 3 is 2.64 bits per heavy atom. The van der Waals surface area contributed by atoms with E-state index in [1.54, 1.807) is 26.0 Å². The highest BCUT2D eigenvalue weighted by molar-refractivity contribution is 5.38. The predicted octanol–water partition coefficient (Wildman–Crippen LogP) is 2.59. The molecule has 75 valence electrons. The minimum absolute atomic E-state index is 0.0201. The molecule has 0 bridgehead atoms. The summed E-state index contributed by atoms with van der Waals surface area (Å²) in [6.45, 7) is 7.32. The molecular weight excluding hydrogens is 182 g/mol. The Morgan fingerprint density at radius 1 is 1.50 bits per heavy atom. The van der Waals surface area contributed by atoms with Gasteiger partial charge in [0.2, 0.25) is 0 Å². The molecule has 0 saturated carbocycles. The first-order chi connectivity index (χ1) is 6.38. The SMILES string of the molecule is [CH2]C(C)(C)Oc1cccc([N+](=O)[O-])c1. The molecule has 0 N–H and O–H groups in total. The van der Waals surface area contributed by atoms with Gasteiger partial charge in [-0.25, -0.2) is 0 Å². The second-order valence-corrected chi connectivity index (χ2v) is 3.62. The van der Waals surface area contributed by atoms with E-state index in [9.17, 15) is 10.1 Å². The largest absolute Gasteiger partial charge is 0.488 e. The molecule has 1 aromatic carbocycles. The van der Waals surface area contributed by atoms with Crippen molar-refractivity contribution in [2.75, 3.05) is 0 Å². The number of benzene rings is 1. The van der Waals surface area contributed by atoms with Crippen molar-refractivity contribution >= 4 is 5.69 Å². The Kier molecular flexibility index (Phi) is 2.74. The van der Waals surface area contributed by atoms with Crippen LogP contribution in [0.4, 0.5) is 5.69 Å². The lowest BCUT2D eigenvalue weighted by molar-refractivity contribution is -0.385. The maximum Gasteiger partial charge on any atom is 0.273 e. The van der Waals surface area contributed by atoms with Crippen LogP contribution in [0.15, 0.2) is 24.3 Å². The number of hydrogen-bond donors (Lipinski definition) is 0. The zero-order valence-corrected chi connectivity index (χ0v) is 8.19. The Bertz CT molecular complexity index is 341. The van der Waals surface area contributed by atoms with Crippen LogP contribution in [0, 0.1) is 17.0 Å². The first-order valence-corrected chi connectivity index (χ1v) is 4.17. The fourth-order valence-electron chi connectivity index (χ4n) is 0.980. The van der Waals surface area contributed by atoms with Crippen molar-refractivity contribution in [3.05, 3.63) is 41.3 Å². The molecule has 0 saturated heterocycles. The summed E-state index contributed by atoms with van der Waals surface area (Å²) in [5, 5.41) is 10.5. The van der Waals surface area contributed by atoms with E-state index in [0.717, 1.165) is 0 Å². The van der Waals surface area contributed by atoms with Crippen molar-refractivity contribution < 1.29 is 9.66 Å². The van der Waals surface area contributed by atoms with Gasteiger partial charge in [-0.1, -0.05) is 6.07 Å². The molecular formula is C10H12NO3. The van der Waals surface area contributed by atoms with Crippen molar-refractivity contribution in [2.24, 2.45) is 0 Å². The summed E-state index contributed by atoms with van der Waals surface area (Å²) < 4.78 is 5.38. The molecule has 0 spiro atoms. The molecule has 0 heterocycles. The Balaban J connectivity index is 2.89. The van der Waals surface area contributed by atoms with Crippen molar-refractivity contribution in [1.29, 1.82) is 0 Å². The van der Waals surface area contributed by atoms with Gasteiger partial charge in [-0.05, 0) is 26.8 Å². The van der Waals surface area contributed by atoms with E-state index in [2.05, 4.69) is 6.92 Å². The summed E-state index contributed by atoms with van der Waals surface area (Å²) in [5.41, 5.74) is -0.568. The van der Waals surface area contributed by atoms with Gasteiger partial charge < -0.3 is 4.74 Å². The van der Waals surface area contributed by atoms with E-state index in [-0.39, 0.29) is 5.69 Å². The molecule has 1 rings (SSSR count). The Morgan fingerprint density at radius 2 is 2.14 bits per heavy atom. The van der Waals surface area contributed by atoms with Crippen LogP contribution in [0.5, 0.6) is 5.75 Å². The van der Waals surface area contributed by atoms with E-state index in [4.69, 9.17) is 4.74 Å². The normalized spacial score (nSPS) is 11.1. The van der Waals surface area contributed by atoms with Gasteiger partial charge in [-0.3, -0.25) is 10.1 Å². The Hall–Kier alpha value is -1.58. The molecule has 0 atom stereocenters. The summed E-state index contributed by atoms with van der Waals surface area (Å²) in [7, 11) is 0. The molecule has 0 unspecified atom stereocenters. The third-order valence-corrected chi connectivity index (χ3v) is 1.42. The minimum Gasteiger partial charge on any atom is -0.488 e. The van der Waals surface area contributed by atoms with Crippen LogP contribution in [-0.4, -0.2) is 10.5 Å². The minimum atomic E-state index is -0.588. The van der Waals surface area contributed by atoms with E-state index in [1.807, 2.05) is 0 Å². The van der Waals surface area contributed by atoms with E-state index >= 15 is 0 Å². The van der Waals surface area contributed by atoms with Crippen LogP contribution < -0.4 is 4.74 Å². The van der Waals surface area contributed by atoms with E-state index in [1.165, 1.54) is 12.1 Å². The van der Waals surface area contributed by atoms with E-state index < -0.39 is 10.5 Å². The summed E-state index contributed by atoms with van der Waals surface area (Å²) >= 11 is 0. The molecule has 0 fully saturated rings. The van der Waals surface area contributed by atoms with Crippen molar-refractivity contribution in [2.45, 2.75) is 19.4 Å². The van der Waals surface area contributed by atoms with Gasteiger partial charge in [-0.15, -0.1) is 0 Å². The van der Waals surface area contributed by atoms with Crippen LogP contribution in [0.2, 0.25) is 0 Å². The van der Waals surface area contributed by atoms with Crippen molar-refractivity contribution in [3.63, 3.8) is 0 Å². The summed E-state index contributed by atoms with van der Waals surface area (Å²) in [6.07, 6.45) is 0. The highest BCUT2D eigenvalue weighted by Crippen LogP contribution is 2.22. The van der Waals surface area contributed by atoms with Crippen LogP contribution in [0.3, 0.4) is 0 Å². The molecule has 0 aromatic heterocycles. The number of rotatable bonds is 3. The number of hydrogen-bond acceptors (Lipinski definition) is 3. The molecule has 0 aliphatic rings. The molecule has 1 radical (unpaired) electrons. The quantitative estimate of drug-likeness (QED) is 0.549. The number of non-ortho nitro benzene ring substituents is 1. The second kappa shape index (κ2) is 3.65. The number of nitro benzene ring substituents is 1. The van der Waals surface area contributed by atoms with Crippen LogP contribution >= 0.6 is 0 Å². The molecule has 0 aliphatic heterocycles. The zero-order chi connectivity index (χ0) is 10.8. The average molecular weight is 194 g/mol. The fraction of sp³-hybridized carbons (Fsp3) is 0.300. The molecule has 1 aromatic rings. The zero-order valence-electron chi connectivity index (χ0n) is 8.19. The molecule has 0 amide bonds. The van der Waals surface area contributed by atoms with Crippen LogP contribution in [-0.2, 0) is 0 Å². The van der Waals surface area contributed by atoms with Crippen molar-refractivity contribution in [1.82, 2.24) is 0 Å². The van der Waals surface area contributed by atoms with Crippen LogP contribution in [0.25, 0.3) is 0 Å². The first kappa shape index (κ1) is 10.5. The van der Waals surface area contributed by atoms with E-state index in [0.29, 0.717) is 5.75 Å². The smallest absolute Gasteiger partial charge is 0.273 e. The molecule has 0 aliphatic carbocycles. The summed E-state index contributed by atoms with van der Waals surface area (Å²) in [6, 6.07) is 6.05. The lowest BCUT2D eigenvalue weighted by Crippen LogP contribution is -2.23. The highest BCUT2D eigenvalue weighted by Gasteiger charge is 2.14. The fourth-order valence-corrected chi connectivity index (χ4v) is 0.980. The summed E-state index contributed by atoms with van der Waals surface area (Å²) in [5.74, 6) is 0.458. The van der Waals surface area contributed by atoms with Gasteiger partial charge in [0.1, 0.15) is 11.4 Å². The number of nitro groups is 1. The number of ether oxygens (including phenoxy) is 1. The van der Waals surface area contributed by atoms with Crippen molar-refractivity contribution in [3.8, 4) is 5.75 Å². The monoisotopic (exact) mass is 194 g/mol. The predicted molar refractivity (Wildman–Crippen MR) is 53.2 cm³/mol. The topological polar surface area (TPSA) is 52.4 Å². The second-order valence-electron chi connectivity index (χ2n) is 3.62. The number of nitrogens with zero attached hydrogens (tertiary/aromatic N) is 1. The van der Waals surface area contributed by atoms with Crippen LogP contribution in [0.1, 0.15) is 13.8 Å². The molecule has 4 heteroatoms. The highest BCUT2D eigenvalue weighted by atomic mass is 16.6. The molecule has 14 heavy (non-hydrogen) atoms. The molecule has 4 nitrogen and oxygen atoms in total. The van der Waals surface area contributed by atoms with Gasteiger partial charge in [0.25, 0.3) is 5.69 Å². The van der Waals surface area contributed by atoms with Gasteiger partial charge in [-0.2, -0.15) is 0 Å². The lowest BCUT2D eigenvalue weighted by Gasteiger charge is -2.20. The maximum absolute atomic E-state index is 10.5. The average Bonchev–Trinajstić information content (AvgIpc) is 2.01. The van der Waals surface area contributed by atoms with Gasteiger partial charge in [0.15, 0.2) is 0 Å². The first-order valence-electron chi connectivity index (χ1n) is 4.17. The summed E-state index contributed by atoms with van der Waals surface area (Å²) in [4.78, 5) is 10.00. The van der Waals surface area contributed by atoms with Gasteiger partial charge in [0.05, 0.1) is 11.0 Å². The Labute approximate surface area is 82.7 Å². The van der Waals surface area contributed by atoms with Gasteiger partial charge in [0, 0.05) is 6.07 Å². The third-order valence-electron chi connectivity index (χ3n) is 1.42. The standard InChI is InChI=1S/C10H12NO3/c1-10(2,3)14-9-6-4-5-8(7-9)11(12)13/h4-7H,1H2,2-3H3. The maximum atomic E-state index is 10.5. The third kappa shape index (κ3) is 3.05.